The molecular weight excluding hydrogens is 759 g/mol. The van der Waals surface area contributed by atoms with Crippen LogP contribution in [0, 0.1) is 0 Å². The van der Waals surface area contributed by atoms with E-state index in [4.69, 9.17) is 4.74 Å². The van der Waals surface area contributed by atoms with Crippen molar-refractivity contribution in [2.75, 3.05) is 4.90 Å². The minimum atomic E-state index is 0.815. The number of anilines is 3. The minimum Gasteiger partial charge on any atom is -0.455 e. The van der Waals surface area contributed by atoms with Gasteiger partial charge in [-0.25, -0.2) is 0 Å². The third-order valence-electron chi connectivity index (χ3n) is 12.1. The summed E-state index contributed by atoms with van der Waals surface area (Å²) in [6, 6.07) is 80.9. The lowest BCUT2D eigenvalue weighted by Gasteiger charge is -2.29. The van der Waals surface area contributed by atoms with Crippen LogP contribution in [0.1, 0.15) is 0 Å². The highest BCUT2D eigenvalue weighted by molar-refractivity contribution is 7.26. The summed E-state index contributed by atoms with van der Waals surface area (Å²) in [7, 11) is 0. The second kappa shape index (κ2) is 14.5. The van der Waals surface area contributed by atoms with E-state index in [1.807, 2.05) is 11.3 Å². The molecule has 1 aliphatic heterocycles. The summed E-state index contributed by atoms with van der Waals surface area (Å²) in [4.78, 5) is 2.40. The highest BCUT2D eigenvalue weighted by Crippen LogP contribution is 2.56. The second-order valence-electron chi connectivity index (χ2n) is 15.6. The predicted molar refractivity (Wildman–Crippen MR) is 259 cm³/mol. The Morgan fingerprint density at radius 3 is 1.70 bits per heavy atom. The van der Waals surface area contributed by atoms with Gasteiger partial charge in [0.1, 0.15) is 11.5 Å². The van der Waals surface area contributed by atoms with E-state index in [0.29, 0.717) is 0 Å². The molecule has 0 fully saturated rings. The molecule has 0 radical (unpaired) electrons. The van der Waals surface area contributed by atoms with Crippen molar-refractivity contribution in [2.24, 2.45) is 0 Å². The van der Waals surface area contributed by atoms with Gasteiger partial charge < -0.3 is 9.64 Å². The van der Waals surface area contributed by atoms with Gasteiger partial charge in [-0.05, 0) is 86.6 Å². The number of hydrogen-bond acceptors (Lipinski definition) is 3. The molecule has 0 bridgehead atoms. The molecule has 0 saturated heterocycles. The highest BCUT2D eigenvalue weighted by Gasteiger charge is 2.29. The number of rotatable bonds is 6. The van der Waals surface area contributed by atoms with Gasteiger partial charge in [0.15, 0.2) is 0 Å². The van der Waals surface area contributed by atoms with Crippen LogP contribution < -0.4 is 9.64 Å². The molecular formula is C58H37NOS. The Morgan fingerprint density at radius 2 is 0.918 bits per heavy atom. The van der Waals surface area contributed by atoms with Gasteiger partial charge in [-0.2, -0.15) is 0 Å². The van der Waals surface area contributed by atoms with Crippen LogP contribution in [0.3, 0.4) is 0 Å². The molecule has 10 aromatic carbocycles. The van der Waals surface area contributed by atoms with Crippen LogP contribution in [0.25, 0.3) is 86.6 Å². The third kappa shape index (κ3) is 5.93. The molecule has 2 nitrogen and oxygen atoms in total. The first-order valence-electron chi connectivity index (χ1n) is 20.7. The fourth-order valence-corrected chi connectivity index (χ4v) is 10.5. The molecule has 61 heavy (non-hydrogen) atoms. The van der Waals surface area contributed by atoms with Crippen LogP contribution in [-0.4, -0.2) is 0 Å². The summed E-state index contributed by atoms with van der Waals surface area (Å²) in [5, 5.41) is 4.99. The Labute approximate surface area is 358 Å². The first kappa shape index (κ1) is 35.2. The van der Waals surface area contributed by atoms with Crippen molar-refractivity contribution in [1.82, 2.24) is 0 Å². The lowest BCUT2D eigenvalue weighted by Crippen LogP contribution is -2.11. The average molecular weight is 796 g/mol. The van der Waals surface area contributed by atoms with Crippen molar-refractivity contribution in [3.8, 4) is 67.1 Å². The van der Waals surface area contributed by atoms with Gasteiger partial charge in [0, 0.05) is 53.8 Å². The monoisotopic (exact) mass is 795 g/mol. The standard InChI is InChI=1S/C58H37NOS/c1-3-14-38(15-4-1)39-28-33-43(34-29-39)59(44-35-30-42(31-36-44)47-22-12-23-49-48-20-9-10-27-54(48)61-58(47)49)52-25-13-26-53-56(52)50-37-32-41-18-7-8-19-45(41)55(50)51-24-11-21-46(57(51)60-53)40-16-5-2-6-17-40/h1-37H. The quantitative estimate of drug-likeness (QED) is 0.166. The van der Waals surface area contributed by atoms with Gasteiger partial charge in [-0.1, -0.05) is 182 Å². The lowest BCUT2D eigenvalue weighted by atomic mass is 9.87. The molecule has 0 unspecified atom stereocenters. The van der Waals surface area contributed by atoms with Crippen molar-refractivity contribution in [1.29, 1.82) is 0 Å². The normalized spacial score (nSPS) is 11.7. The molecule has 3 heteroatoms. The zero-order valence-electron chi connectivity index (χ0n) is 33.1. The third-order valence-corrected chi connectivity index (χ3v) is 13.3. The molecule has 0 aliphatic carbocycles. The molecule has 0 N–H and O–H groups in total. The van der Waals surface area contributed by atoms with Crippen molar-refractivity contribution in [3.63, 3.8) is 0 Å². The molecule has 2 heterocycles. The number of fused-ring (bicyclic) bond motifs is 10. The van der Waals surface area contributed by atoms with E-state index in [9.17, 15) is 0 Å². The predicted octanol–water partition coefficient (Wildman–Crippen LogP) is 17.1. The van der Waals surface area contributed by atoms with Crippen LogP contribution in [0.5, 0.6) is 11.5 Å². The lowest BCUT2D eigenvalue weighted by molar-refractivity contribution is 0.489. The van der Waals surface area contributed by atoms with E-state index in [1.165, 1.54) is 58.8 Å². The van der Waals surface area contributed by atoms with Gasteiger partial charge in [0.2, 0.25) is 0 Å². The number of hydrogen-bond donors (Lipinski definition) is 0. The summed E-state index contributed by atoms with van der Waals surface area (Å²) in [6.07, 6.45) is 0. The summed E-state index contributed by atoms with van der Waals surface area (Å²) < 4.78 is 9.90. The minimum absolute atomic E-state index is 0.815. The Hall–Kier alpha value is -7.72. The smallest absolute Gasteiger partial charge is 0.143 e. The van der Waals surface area contributed by atoms with Gasteiger partial charge in [-0.15, -0.1) is 11.3 Å². The average Bonchev–Trinajstić information content (AvgIpc) is 3.64. The Kier molecular flexibility index (Phi) is 8.39. The van der Waals surface area contributed by atoms with E-state index < -0.39 is 0 Å². The summed E-state index contributed by atoms with van der Waals surface area (Å²) in [6.45, 7) is 0. The molecule has 0 saturated carbocycles. The highest BCUT2D eigenvalue weighted by atomic mass is 32.1. The van der Waals surface area contributed by atoms with Gasteiger partial charge in [0.05, 0.1) is 5.69 Å². The van der Waals surface area contributed by atoms with E-state index in [2.05, 4.69) is 229 Å². The number of benzene rings is 10. The fourth-order valence-electron chi connectivity index (χ4n) is 9.26. The van der Waals surface area contributed by atoms with Crippen LogP contribution in [0.4, 0.5) is 17.1 Å². The van der Waals surface area contributed by atoms with Crippen LogP contribution >= 0.6 is 11.3 Å². The first-order chi connectivity index (χ1) is 30.3. The van der Waals surface area contributed by atoms with Gasteiger partial charge in [-0.3, -0.25) is 0 Å². The maximum Gasteiger partial charge on any atom is 0.143 e. The van der Waals surface area contributed by atoms with Crippen LogP contribution in [-0.2, 0) is 0 Å². The first-order valence-corrected chi connectivity index (χ1v) is 21.6. The van der Waals surface area contributed by atoms with Crippen LogP contribution in [0.2, 0.25) is 0 Å². The largest absolute Gasteiger partial charge is 0.455 e. The van der Waals surface area contributed by atoms with E-state index >= 15 is 0 Å². The maximum absolute atomic E-state index is 7.28. The number of ether oxygens (including phenoxy) is 1. The summed E-state index contributed by atoms with van der Waals surface area (Å²) in [5.41, 5.74) is 14.6. The number of thiophene rings is 1. The van der Waals surface area contributed by atoms with E-state index in [0.717, 1.165) is 56.4 Å². The van der Waals surface area contributed by atoms with Crippen molar-refractivity contribution < 1.29 is 4.74 Å². The van der Waals surface area contributed by atoms with Gasteiger partial charge in [0.25, 0.3) is 0 Å². The number of nitrogens with zero attached hydrogens (tertiary/aromatic N) is 1. The van der Waals surface area contributed by atoms with E-state index in [-0.39, 0.29) is 0 Å². The van der Waals surface area contributed by atoms with Crippen molar-refractivity contribution >= 4 is 59.3 Å². The Balaban J connectivity index is 1.08. The Morgan fingerprint density at radius 1 is 0.344 bits per heavy atom. The number of para-hydroxylation sites is 1. The van der Waals surface area contributed by atoms with Crippen molar-refractivity contribution in [3.05, 3.63) is 224 Å². The van der Waals surface area contributed by atoms with Gasteiger partial charge >= 0.3 is 0 Å². The zero-order chi connectivity index (χ0) is 40.3. The SMILES string of the molecule is c1ccc(-c2ccc(N(c3ccc(-c4cccc5c4sc4ccccc45)cc3)c3cccc4c3-c3ccc5ccccc5c3-c3cccc(-c5ccccc5)c3O4)cc2)cc1. The molecule has 0 atom stereocenters. The van der Waals surface area contributed by atoms with Crippen LogP contribution in [0.15, 0.2) is 224 Å². The molecule has 1 aromatic heterocycles. The topological polar surface area (TPSA) is 12.5 Å². The molecule has 1 aliphatic rings. The maximum atomic E-state index is 7.28. The Bertz CT molecular complexity index is 3420. The molecule has 12 rings (SSSR count). The fraction of sp³-hybridized carbons (Fsp3) is 0. The van der Waals surface area contributed by atoms with Crippen molar-refractivity contribution in [2.45, 2.75) is 0 Å². The zero-order valence-corrected chi connectivity index (χ0v) is 33.9. The molecule has 0 spiro atoms. The molecule has 0 amide bonds. The van der Waals surface area contributed by atoms with E-state index in [1.54, 1.807) is 0 Å². The summed E-state index contributed by atoms with van der Waals surface area (Å²) >= 11 is 1.87. The summed E-state index contributed by atoms with van der Waals surface area (Å²) in [5.74, 6) is 1.68. The second-order valence-corrected chi connectivity index (χ2v) is 16.6. The molecule has 11 aromatic rings. The molecule has 286 valence electrons.